The number of fused-ring (bicyclic) bond motifs is 1. The van der Waals surface area contributed by atoms with E-state index in [0.29, 0.717) is 35.8 Å². The lowest BCUT2D eigenvalue weighted by molar-refractivity contribution is -0.197. The van der Waals surface area contributed by atoms with Crippen LogP contribution in [0.3, 0.4) is 0 Å². The van der Waals surface area contributed by atoms with Crippen LogP contribution in [0.1, 0.15) is 101 Å². The van der Waals surface area contributed by atoms with Gasteiger partial charge >= 0.3 is 5.97 Å². The van der Waals surface area contributed by atoms with Crippen LogP contribution < -0.4 is 4.74 Å². The molecule has 1 saturated carbocycles. The molecule has 0 aromatic heterocycles. The second-order valence-electron chi connectivity index (χ2n) is 14.2. The summed E-state index contributed by atoms with van der Waals surface area (Å²) < 4.78 is 17.1. The summed E-state index contributed by atoms with van der Waals surface area (Å²) in [6.07, 6.45) is 5.82. The summed E-state index contributed by atoms with van der Waals surface area (Å²) in [6, 6.07) is 13.1. The highest BCUT2D eigenvalue weighted by Gasteiger charge is 2.63. The van der Waals surface area contributed by atoms with Gasteiger partial charge in [-0.05, 0) is 93.8 Å². The Kier molecular flexibility index (Phi) is 10.5. The molecule has 2 aliphatic carbocycles. The number of ketones is 1. The topological polar surface area (TPSA) is 85.6 Å². The van der Waals surface area contributed by atoms with Crippen LogP contribution in [0, 0.1) is 39.9 Å². The third kappa shape index (κ3) is 8.18. The first-order valence-corrected chi connectivity index (χ1v) is 16.0. The number of allylic oxidation sites excluding steroid dienone is 2. The van der Waals surface area contributed by atoms with Crippen LogP contribution in [0.4, 0.5) is 0 Å². The zero-order valence-corrected chi connectivity index (χ0v) is 28.3. The number of carbonyl (C=O) groups is 2. The highest BCUT2D eigenvalue weighted by Crippen LogP contribution is 2.62. The second kappa shape index (κ2) is 13.8. The predicted octanol–water partition coefficient (Wildman–Crippen LogP) is 8.28. The van der Waals surface area contributed by atoms with E-state index < -0.39 is 5.60 Å². The van der Waals surface area contributed by atoms with Crippen molar-refractivity contribution in [3.63, 3.8) is 0 Å². The van der Waals surface area contributed by atoms with Gasteiger partial charge in [0.15, 0.2) is 5.78 Å². The number of halogens is 1. The van der Waals surface area contributed by atoms with Gasteiger partial charge < -0.3 is 14.2 Å². The summed E-state index contributed by atoms with van der Waals surface area (Å²) in [5.41, 5.74) is 3.11. The average Bonchev–Trinajstić information content (AvgIpc) is 2.95. The van der Waals surface area contributed by atoms with E-state index in [2.05, 4.69) is 51.7 Å². The summed E-state index contributed by atoms with van der Waals surface area (Å²) in [6.45, 7) is 14.7. The van der Waals surface area contributed by atoms with E-state index >= 15 is 0 Å². The normalized spacial score (nSPS) is 19.6. The molecule has 0 saturated heterocycles. The summed E-state index contributed by atoms with van der Waals surface area (Å²) in [7, 11) is 0. The number of rotatable bonds is 10. The van der Waals surface area contributed by atoms with Crippen molar-refractivity contribution in [1.82, 2.24) is 0 Å². The van der Waals surface area contributed by atoms with Crippen LogP contribution in [0.15, 0.2) is 48.0 Å². The van der Waals surface area contributed by atoms with E-state index in [1.807, 2.05) is 39.0 Å². The second-order valence-corrected chi connectivity index (χ2v) is 14.6. The molecule has 0 aliphatic heterocycles. The van der Waals surface area contributed by atoms with Crippen LogP contribution in [0.25, 0.3) is 0 Å². The molecule has 4 rings (SSSR count). The molecular weight excluding hydrogens is 586 g/mol. The lowest BCUT2D eigenvalue weighted by atomic mass is 9.44. The molecule has 0 amide bonds. The number of nitriles is 1. The molecule has 0 heterocycles. The Balaban J connectivity index is 1.28. The van der Waals surface area contributed by atoms with Crippen molar-refractivity contribution in [1.29, 1.82) is 5.26 Å². The number of carbonyl (C=O) groups excluding carboxylic acids is 2. The number of esters is 1. The molecule has 6 nitrogen and oxygen atoms in total. The molecule has 0 N–H and O–H groups in total. The molecule has 2 aliphatic rings. The van der Waals surface area contributed by atoms with E-state index in [0.717, 1.165) is 41.5 Å². The Morgan fingerprint density at radius 3 is 2.47 bits per heavy atom. The maximum Gasteiger partial charge on any atom is 0.332 e. The van der Waals surface area contributed by atoms with E-state index in [9.17, 15) is 14.9 Å². The fourth-order valence-corrected chi connectivity index (χ4v) is 7.09. The van der Waals surface area contributed by atoms with Gasteiger partial charge in [-0.3, -0.25) is 4.79 Å². The van der Waals surface area contributed by atoms with Crippen molar-refractivity contribution in [2.24, 2.45) is 16.7 Å². The van der Waals surface area contributed by atoms with E-state index in [1.54, 1.807) is 18.2 Å². The van der Waals surface area contributed by atoms with E-state index in [1.165, 1.54) is 0 Å². The minimum atomic E-state index is -0.505. The fraction of sp³-hybridized carbons (Fsp3) is 0.500. The molecule has 0 atom stereocenters. The van der Waals surface area contributed by atoms with Crippen molar-refractivity contribution in [3.05, 3.63) is 75.3 Å². The number of benzene rings is 2. The summed E-state index contributed by atoms with van der Waals surface area (Å²) in [4.78, 5) is 25.3. The lowest BCUT2D eigenvalue weighted by Crippen LogP contribution is -2.66. The van der Waals surface area contributed by atoms with Crippen molar-refractivity contribution in [3.8, 4) is 23.7 Å². The molecule has 2 aromatic rings. The zero-order valence-electron chi connectivity index (χ0n) is 27.5. The van der Waals surface area contributed by atoms with Gasteiger partial charge in [-0.15, -0.1) is 0 Å². The van der Waals surface area contributed by atoms with Crippen molar-refractivity contribution < 1.29 is 23.8 Å². The molecule has 0 radical (unpaired) electrons. The molecule has 45 heavy (non-hydrogen) atoms. The minimum absolute atomic E-state index is 0.0341. The molecule has 0 bridgehead atoms. The number of unbranched alkanes of at least 4 members (excludes halogenated alkanes) is 2. The smallest absolute Gasteiger partial charge is 0.332 e. The average molecular weight is 630 g/mol. The molecule has 238 valence electrons. The van der Waals surface area contributed by atoms with E-state index in [4.69, 9.17) is 25.8 Å². The summed E-state index contributed by atoms with van der Waals surface area (Å²) in [5, 5.41) is 9.56. The first-order valence-electron chi connectivity index (χ1n) is 15.6. The van der Waals surface area contributed by atoms with Crippen LogP contribution >= 0.6 is 11.6 Å². The molecule has 1 fully saturated rings. The quantitative estimate of drug-likeness (QED) is 0.149. The van der Waals surface area contributed by atoms with Crippen LogP contribution in [-0.2, 0) is 20.7 Å². The van der Waals surface area contributed by atoms with Gasteiger partial charge in [-0.25, -0.2) is 4.79 Å². The Hall–Kier alpha value is -3.58. The fourth-order valence-electron chi connectivity index (χ4n) is 6.88. The number of ether oxygens (including phenoxy) is 3. The summed E-state index contributed by atoms with van der Waals surface area (Å²) in [5.74, 6) is 7.08. The van der Waals surface area contributed by atoms with Crippen LogP contribution in [0.2, 0.25) is 5.02 Å². The Morgan fingerprint density at radius 2 is 1.80 bits per heavy atom. The molecule has 2 aromatic carbocycles. The van der Waals surface area contributed by atoms with Gasteiger partial charge in [0.25, 0.3) is 0 Å². The third-order valence-electron chi connectivity index (χ3n) is 8.81. The standard InChI is InChI=1S/C38H44ClNO5/c1-36(2,3)45-33(41)24-43-19-11-9-8-10-12-25-13-18-30-26(20-25)14-15-27(34(30)42)21-32-37(4,5)35(38(32,6)7)44-29-17-16-28(23-40)31(39)22-29/h13,15-18,20,22,32,35H,8-9,11,14,19,21,24H2,1-7H3. The minimum Gasteiger partial charge on any atom is -0.489 e. The zero-order chi connectivity index (χ0) is 33.0. The van der Waals surface area contributed by atoms with E-state index in [-0.39, 0.29) is 41.2 Å². The number of hydrogen-bond donors (Lipinski definition) is 0. The lowest BCUT2D eigenvalue weighted by Gasteiger charge is -2.63. The van der Waals surface area contributed by atoms with Crippen molar-refractivity contribution in [2.45, 2.75) is 92.3 Å². The molecule has 7 heteroatoms. The van der Waals surface area contributed by atoms with Crippen LogP contribution in [-0.4, -0.2) is 36.7 Å². The predicted molar refractivity (Wildman–Crippen MR) is 176 cm³/mol. The van der Waals surface area contributed by atoms with Crippen molar-refractivity contribution >= 4 is 23.4 Å². The molecule has 0 spiro atoms. The maximum absolute atomic E-state index is 13.6. The van der Waals surface area contributed by atoms with Crippen LogP contribution in [0.5, 0.6) is 5.75 Å². The van der Waals surface area contributed by atoms with Gasteiger partial charge in [0.05, 0.1) is 10.6 Å². The maximum atomic E-state index is 13.6. The first kappa shape index (κ1) is 34.3. The number of Topliss-reactive ketones (excluding diaryl/α,β-unsaturated/α-hetero) is 1. The SMILES string of the molecule is CC(C)(C)OC(=O)COCCCCC#Cc1ccc2c(c1)CC=C(CC1C(C)(C)C(Oc3ccc(C#N)c(Cl)c3)C1(C)C)C2=O. The van der Waals surface area contributed by atoms with Gasteiger partial charge in [-0.2, -0.15) is 5.26 Å². The van der Waals surface area contributed by atoms with Gasteiger partial charge in [0.1, 0.15) is 30.1 Å². The Bertz CT molecular complexity index is 1560. The molecule has 0 unspecified atom stereocenters. The highest BCUT2D eigenvalue weighted by molar-refractivity contribution is 6.31. The third-order valence-corrected chi connectivity index (χ3v) is 9.12. The monoisotopic (exact) mass is 629 g/mol. The van der Waals surface area contributed by atoms with Crippen molar-refractivity contribution in [2.75, 3.05) is 13.2 Å². The number of nitrogens with zero attached hydrogens (tertiary/aromatic N) is 1. The number of hydrogen-bond acceptors (Lipinski definition) is 6. The Labute approximate surface area is 273 Å². The highest BCUT2D eigenvalue weighted by atomic mass is 35.5. The van der Waals surface area contributed by atoms with Gasteiger partial charge in [0.2, 0.25) is 0 Å². The largest absolute Gasteiger partial charge is 0.489 e. The first-order chi connectivity index (χ1) is 21.1. The molecular formula is C38H44ClNO5. The van der Waals surface area contributed by atoms with Gasteiger partial charge in [-0.1, -0.05) is 57.2 Å². The summed E-state index contributed by atoms with van der Waals surface area (Å²) >= 11 is 6.24. The Morgan fingerprint density at radius 1 is 1.07 bits per heavy atom. The van der Waals surface area contributed by atoms with Gasteiger partial charge in [0, 0.05) is 41.1 Å².